The fourth-order valence-electron chi connectivity index (χ4n) is 3.04. The molecule has 2 N–H and O–H groups in total. The molecule has 0 aliphatic carbocycles. The molecule has 3 rings (SSSR count). The Bertz CT molecular complexity index is 807. The summed E-state index contributed by atoms with van der Waals surface area (Å²) in [7, 11) is 0. The normalized spacial score (nSPS) is 19.4. The molecule has 136 valence electrons. The highest BCUT2D eigenvalue weighted by molar-refractivity contribution is 7.99. The molecule has 1 aliphatic rings. The van der Waals surface area contributed by atoms with E-state index >= 15 is 0 Å². The lowest BCUT2D eigenvalue weighted by molar-refractivity contribution is -0.138. The minimum atomic E-state index is -0.549. The number of thioether (sulfide) groups is 1. The summed E-state index contributed by atoms with van der Waals surface area (Å²) < 4.78 is 0. The van der Waals surface area contributed by atoms with Gasteiger partial charge in [-0.3, -0.25) is 9.59 Å². The van der Waals surface area contributed by atoms with Gasteiger partial charge in [-0.05, 0) is 18.6 Å². The number of phenols is 1. The molecule has 2 atom stereocenters. The van der Waals surface area contributed by atoms with Crippen LogP contribution in [0.5, 0.6) is 5.75 Å². The first-order valence-electron chi connectivity index (χ1n) is 8.49. The third kappa shape index (κ3) is 3.85. The Morgan fingerprint density at radius 3 is 2.54 bits per heavy atom. The molecule has 0 unspecified atom stereocenters. The van der Waals surface area contributed by atoms with Crippen molar-refractivity contribution in [2.24, 2.45) is 0 Å². The predicted molar refractivity (Wildman–Crippen MR) is 103 cm³/mol. The second-order valence-corrected chi connectivity index (χ2v) is 7.50. The highest BCUT2D eigenvalue weighted by atomic mass is 32.2. The maximum Gasteiger partial charge on any atom is 0.243 e. The SMILES string of the molecule is CC(=O)N1[C@@H](C(=O)NCc2ccc(C)cc2)CS[C@H]1c1ccccc1O. The fourth-order valence-corrected chi connectivity index (χ4v) is 4.55. The molecule has 1 heterocycles. The van der Waals surface area contributed by atoms with Crippen LogP contribution in [0.15, 0.2) is 48.5 Å². The Kier molecular flexibility index (Phi) is 5.52. The van der Waals surface area contributed by atoms with Gasteiger partial charge in [-0.15, -0.1) is 11.8 Å². The first-order chi connectivity index (χ1) is 12.5. The summed E-state index contributed by atoms with van der Waals surface area (Å²) in [6.07, 6.45) is 0. The summed E-state index contributed by atoms with van der Waals surface area (Å²) in [4.78, 5) is 26.5. The van der Waals surface area contributed by atoms with Gasteiger partial charge in [0.15, 0.2) is 0 Å². The quantitative estimate of drug-likeness (QED) is 0.868. The largest absolute Gasteiger partial charge is 0.508 e. The van der Waals surface area contributed by atoms with Gasteiger partial charge in [-0.25, -0.2) is 0 Å². The van der Waals surface area contributed by atoms with Crippen molar-refractivity contribution in [1.82, 2.24) is 10.2 Å². The summed E-state index contributed by atoms with van der Waals surface area (Å²) in [6, 6.07) is 14.4. The molecule has 26 heavy (non-hydrogen) atoms. The predicted octanol–water partition coefficient (Wildman–Crippen LogP) is 2.98. The first-order valence-corrected chi connectivity index (χ1v) is 9.54. The van der Waals surface area contributed by atoms with Crippen LogP contribution in [0, 0.1) is 6.92 Å². The lowest BCUT2D eigenvalue weighted by atomic mass is 10.1. The number of hydrogen-bond acceptors (Lipinski definition) is 4. The monoisotopic (exact) mass is 370 g/mol. The molecule has 2 amide bonds. The number of para-hydroxylation sites is 1. The molecule has 0 aromatic heterocycles. The van der Waals surface area contributed by atoms with E-state index in [1.807, 2.05) is 37.3 Å². The van der Waals surface area contributed by atoms with E-state index in [2.05, 4.69) is 5.32 Å². The molecule has 1 fully saturated rings. The molecule has 2 aromatic carbocycles. The molecule has 6 heteroatoms. The number of aromatic hydroxyl groups is 1. The van der Waals surface area contributed by atoms with E-state index in [4.69, 9.17) is 0 Å². The van der Waals surface area contributed by atoms with E-state index in [9.17, 15) is 14.7 Å². The second kappa shape index (κ2) is 7.83. The van der Waals surface area contributed by atoms with E-state index in [1.54, 1.807) is 23.1 Å². The number of hydrogen-bond donors (Lipinski definition) is 2. The van der Waals surface area contributed by atoms with Gasteiger partial charge in [0.25, 0.3) is 0 Å². The minimum Gasteiger partial charge on any atom is -0.508 e. The Labute approximate surface area is 157 Å². The van der Waals surface area contributed by atoms with E-state index < -0.39 is 6.04 Å². The lowest BCUT2D eigenvalue weighted by Crippen LogP contribution is -2.47. The number of rotatable bonds is 4. The zero-order valence-corrected chi connectivity index (χ0v) is 15.6. The molecule has 2 aromatic rings. The number of amides is 2. The van der Waals surface area contributed by atoms with Gasteiger partial charge in [-0.1, -0.05) is 48.0 Å². The number of benzene rings is 2. The van der Waals surface area contributed by atoms with Crippen LogP contribution in [0.25, 0.3) is 0 Å². The van der Waals surface area contributed by atoms with Crippen LogP contribution in [-0.2, 0) is 16.1 Å². The lowest BCUT2D eigenvalue weighted by Gasteiger charge is -2.28. The third-order valence-electron chi connectivity index (χ3n) is 4.46. The van der Waals surface area contributed by atoms with Crippen LogP contribution in [0.2, 0.25) is 0 Å². The van der Waals surface area contributed by atoms with Crippen molar-refractivity contribution in [2.75, 3.05) is 5.75 Å². The second-order valence-electron chi connectivity index (χ2n) is 6.39. The average molecular weight is 370 g/mol. The minimum absolute atomic E-state index is 0.136. The number of aryl methyl sites for hydroxylation is 1. The van der Waals surface area contributed by atoms with E-state index in [0.717, 1.165) is 5.56 Å². The summed E-state index contributed by atoms with van der Waals surface area (Å²) in [5, 5.41) is 12.7. The summed E-state index contributed by atoms with van der Waals surface area (Å²) in [6.45, 7) is 3.90. The van der Waals surface area contributed by atoms with Crippen LogP contribution in [-0.4, -0.2) is 33.6 Å². The Morgan fingerprint density at radius 2 is 1.88 bits per heavy atom. The van der Waals surface area contributed by atoms with Crippen LogP contribution >= 0.6 is 11.8 Å². The molecule has 1 saturated heterocycles. The standard InChI is InChI=1S/C20H22N2O3S/c1-13-7-9-15(10-8-13)11-21-19(25)17-12-26-20(22(17)14(2)23)16-5-3-4-6-18(16)24/h3-10,17,20,24H,11-12H2,1-2H3,(H,21,25)/t17-,20+/m1/s1. The highest BCUT2D eigenvalue weighted by Crippen LogP contribution is 2.44. The third-order valence-corrected chi connectivity index (χ3v) is 5.76. The molecule has 0 spiro atoms. The molecule has 1 aliphatic heterocycles. The van der Waals surface area contributed by atoms with Gasteiger partial charge in [0.2, 0.25) is 11.8 Å². The van der Waals surface area contributed by atoms with Crippen molar-refractivity contribution in [2.45, 2.75) is 31.8 Å². The van der Waals surface area contributed by atoms with Crippen molar-refractivity contribution >= 4 is 23.6 Å². The Balaban J connectivity index is 1.72. The average Bonchev–Trinajstić information content (AvgIpc) is 3.06. The van der Waals surface area contributed by atoms with Crippen molar-refractivity contribution < 1.29 is 14.7 Å². The van der Waals surface area contributed by atoms with Gasteiger partial charge in [-0.2, -0.15) is 0 Å². The van der Waals surface area contributed by atoms with Crippen molar-refractivity contribution in [3.63, 3.8) is 0 Å². The topological polar surface area (TPSA) is 69.6 Å². The van der Waals surface area contributed by atoms with Gasteiger partial charge in [0.05, 0.1) is 0 Å². The number of nitrogens with zero attached hydrogens (tertiary/aromatic N) is 1. The zero-order chi connectivity index (χ0) is 18.7. The molecule has 5 nitrogen and oxygen atoms in total. The molecular weight excluding hydrogens is 348 g/mol. The summed E-state index contributed by atoms with van der Waals surface area (Å²) in [5.74, 6) is 0.278. The van der Waals surface area contributed by atoms with Crippen molar-refractivity contribution in [3.05, 3.63) is 65.2 Å². The molecule has 0 radical (unpaired) electrons. The first kappa shape index (κ1) is 18.3. The van der Waals surface area contributed by atoms with Gasteiger partial charge < -0.3 is 15.3 Å². The van der Waals surface area contributed by atoms with Gasteiger partial charge in [0.1, 0.15) is 17.2 Å². The van der Waals surface area contributed by atoms with Crippen molar-refractivity contribution in [1.29, 1.82) is 0 Å². The Morgan fingerprint density at radius 1 is 1.19 bits per heavy atom. The zero-order valence-electron chi connectivity index (χ0n) is 14.8. The Hall–Kier alpha value is -2.47. The van der Waals surface area contributed by atoms with Crippen LogP contribution in [0.3, 0.4) is 0 Å². The fraction of sp³-hybridized carbons (Fsp3) is 0.300. The maximum absolute atomic E-state index is 12.7. The highest BCUT2D eigenvalue weighted by Gasteiger charge is 2.41. The van der Waals surface area contributed by atoms with E-state index in [1.165, 1.54) is 24.2 Å². The number of phenolic OH excluding ortho intramolecular Hbond substituents is 1. The molecule has 0 bridgehead atoms. The number of carbonyl (C=O) groups excluding carboxylic acids is 2. The van der Waals surface area contributed by atoms with E-state index in [0.29, 0.717) is 17.9 Å². The van der Waals surface area contributed by atoms with Crippen molar-refractivity contribution in [3.8, 4) is 5.75 Å². The van der Waals surface area contributed by atoms with E-state index in [-0.39, 0.29) is 22.9 Å². The van der Waals surface area contributed by atoms with Crippen LogP contribution < -0.4 is 5.32 Å². The molecular formula is C20H22N2O3S. The molecule has 0 saturated carbocycles. The maximum atomic E-state index is 12.7. The van der Waals surface area contributed by atoms with Crippen LogP contribution in [0.1, 0.15) is 29.0 Å². The summed E-state index contributed by atoms with van der Waals surface area (Å²) >= 11 is 1.49. The van der Waals surface area contributed by atoms with Crippen LogP contribution in [0.4, 0.5) is 0 Å². The number of nitrogens with one attached hydrogen (secondary N) is 1. The number of carbonyl (C=O) groups is 2. The summed E-state index contributed by atoms with van der Waals surface area (Å²) in [5.41, 5.74) is 2.84. The van der Waals surface area contributed by atoms with Gasteiger partial charge in [0, 0.05) is 24.8 Å². The van der Waals surface area contributed by atoms with Gasteiger partial charge >= 0.3 is 0 Å². The smallest absolute Gasteiger partial charge is 0.243 e.